The zero-order chi connectivity index (χ0) is 24.5. The second-order valence-corrected chi connectivity index (χ2v) is 8.16. The van der Waals surface area contributed by atoms with E-state index in [1.165, 1.54) is 6.92 Å². The number of ketones is 1. The van der Waals surface area contributed by atoms with Gasteiger partial charge in [-0.1, -0.05) is 60.7 Å². The number of amides is 2. The first kappa shape index (κ1) is 25.0. The zero-order valence-corrected chi connectivity index (χ0v) is 19.0. The molecule has 178 valence electrons. The molecule has 2 amide bonds. The summed E-state index contributed by atoms with van der Waals surface area (Å²) in [5.74, 6) is -1.72. The number of aliphatic imine (C=N–C) groups is 1. The van der Waals surface area contributed by atoms with Gasteiger partial charge in [-0.3, -0.25) is 19.4 Å². The van der Waals surface area contributed by atoms with Crippen molar-refractivity contribution in [3.05, 3.63) is 71.9 Å². The first-order valence-electron chi connectivity index (χ1n) is 11.1. The molecule has 0 aliphatic carbocycles. The SMILES string of the molecule is C[C@@H](O)[C@H](NC(=O)[C@H](CC1=CCC=N1)NC(=O)Cc1ccc(-c2ccccc2)cc1)C(=O)CO. The van der Waals surface area contributed by atoms with E-state index in [1.54, 1.807) is 6.21 Å². The molecule has 2 aromatic carbocycles. The monoisotopic (exact) mass is 463 g/mol. The molecule has 1 aliphatic rings. The van der Waals surface area contributed by atoms with Crippen molar-refractivity contribution >= 4 is 23.8 Å². The molecule has 0 bridgehead atoms. The smallest absolute Gasteiger partial charge is 0.243 e. The molecule has 34 heavy (non-hydrogen) atoms. The largest absolute Gasteiger partial charge is 0.391 e. The van der Waals surface area contributed by atoms with Gasteiger partial charge < -0.3 is 20.8 Å². The summed E-state index contributed by atoms with van der Waals surface area (Å²) in [6, 6.07) is 15.2. The molecular weight excluding hydrogens is 434 g/mol. The van der Waals surface area contributed by atoms with Crippen LogP contribution in [0, 0.1) is 0 Å². The molecule has 3 atom stereocenters. The maximum Gasteiger partial charge on any atom is 0.243 e. The highest BCUT2D eigenvalue weighted by atomic mass is 16.3. The van der Waals surface area contributed by atoms with Crippen LogP contribution < -0.4 is 10.6 Å². The van der Waals surface area contributed by atoms with E-state index in [0.29, 0.717) is 12.1 Å². The molecule has 3 rings (SSSR count). The van der Waals surface area contributed by atoms with Crippen molar-refractivity contribution in [3.63, 3.8) is 0 Å². The number of benzene rings is 2. The minimum absolute atomic E-state index is 0.0660. The van der Waals surface area contributed by atoms with E-state index in [-0.39, 0.29) is 18.7 Å². The number of Topliss-reactive ketones (excluding diaryl/α,β-unsaturated/α-hetero) is 1. The van der Waals surface area contributed by atoms with E-state index < -0.39 is 36.5 Å². The number of nitrogens with zero attached hydrogens (tertiary/aromatic N) is 1. The van der Waals surface area contributed by atoms with Gasteiger partial charge in [-0.2, -0.15) is 0 Å². The number of carbonyl (C=O) groups is 3. The van der Waals surface area contributed by atoms with Crippen LogP contribution in [0.1, 0.15) is 25.3 Å². The van der Waals surface area contributed by atoms with Gasteiger partial charge in [0.1, 0.15) is 18.7 Å². The second kappa shape index (κ2) is 12.0. The molecule has 0 spiro atoms. The molecule has 8 heteroatoms. The lowest BCUT2D eigenvalue weighted by Crippen LogP contribution is -2.55. The third kappa shape index (κ3) is 6.94. The predicted molar refractivity (Wildman–Crippen MR) is 129 cm³/mol. The molecule has 0 unspecified atom stereocenters. The van der Waals surface area contributed by atoms with Crippen LogP contribution in [-0.4, -0.2) is 58.8 Å². The Balaban J connectivity index is 1.67. The summed E-state index contributed by atoms with van der Waals surface area (Å²) in [6.07, 6.45) is 3.20. The van der Waals surface area contributed by atoms with Crippen molar-refractivity contribution in [2.75, 3.05) is 6.61 Å². The molecule has 0 radical (unpaired) electrons. The van der Waals surface area contributed by atoms with Gasteiger partial charge in [0.25, 0.3) is 0 Å². The average Bonchev–Trinajstić information content (AvgIpc) is 3.35. The molecule has 0 aromatic heterocycles. The average molecular weight is 464 g/mol. The van der Waals surface area contributed by atoms with Gasteiger partial charge in [0.05, 0.1) is 12.5 Å². The number of carbonyl (C=O) groups excluding carboxylic acids is 3. The minimum Gasteiger partial charge on any atom is -0.391 e. The zero-order valence-electron chi connectivity index (χ0n) is 19.0. The third-order valence-electron chi connectivity index (χ3n) is 5.49. The lowest BCUT2D eigenvalue weighted by Gasteiger charge is -2.24. The first-order chi connectivity index (χ1) is 16.4. The Morgan fingerprint density at radius 2 is 1.68 bits per heavy atom. The lowest BCUT2D eigenvalue weighted by molar-refractivity contribution is -0.134. The van der Waals surface area contributed by atoms with Gasteiger partial charge in [0.2, 0.25) is 11.8 Å². The van der Waals surface area contributed by atoms with Crippen LogP contribution in [-0.2, 0) is 20.8 Å². The van der Waals surface area contributed by atoms with E-state index >= 15 is 0 Å². The van der Waals surface area contributed by atoms with Crippen molar-refractivity contribution < 1.29 is 24.6 Å². The highest BCUT2D eigenvalue weighted by Crippen LogP contribution is 2.19. The van der Waals surface area contributed by atoms with Crippen molar-refractivity contribution in [2.45, 2.75) is 44.4 Å². The maximum atomic E-state index is 12.9. The second-order valence-electron chi connectivity index (χ2n) is 8.16. The van der Waals surface area contributed by atoms with E-state index in [4.69, 9.17) is 5.11 Å². The first-order valence-corrected chi connectivity index (χ1v) is 11.1. The predicted octanol–water partition coefficient (Wildman–Crippen LogP) is 1.56. The van der Waals surface area contributed by atoms with Crippen LogP contribution >= 0.6 is 0 Å². The normalized spacial score (nSPS) is 15.2. The Hall–Kier alpha value is -3.62. The molecule has 1 aliphatic heterocycles. The summed E-state index contributed by atoms with van der Waals surface area (Å²) in [5, 5.41) is 24.1. The Bertz CT molecular complexity index is 1060. The number of allylic oxidation sites excluding steroid dienone is 1. The van der Waals surface area contributed by atoms with Gasteiger partial charge in [0.15, 0.2) is 5.78 Å². The highest BCUT2D eigenvalue weighted by Gasteiger charge is 2.30. The Morgan fingerprint density at radius 1 is 1.00 bits per heavy atom. The Labute approximate surface area is 198 Å². The fourth-order valence-electron chi connectivity index (χ4n) is 3.66. The van der Waals surface area contributed by atoms with Crippen molar-refractivity contribution in [1.29, 1.82) is 0 Å². The Kier molecular flexibility index (Phi) is 8.84. The fraction of sp³-hybridized carbons (Fsp3) is 0.308. The van der Waals surface area contributed by atoms with Crippen LogP contribution in [0.2, 0.25) is 0 Å². The molecular formula is C26H29N3O5. The van der Waals surface area contributed by atoms with Gasteiger partial charge in [-0.15, -0.1) is 0 Å². The van der Waals surface area contributed by atoms with Crippen molar-refractivity contribution in [2.24, 2.45) is 4.99 Å². The standard InChI is InChI=1S/C26H29N3O5/c1-17(31)25(23(32)16-30)29-26(34)22(15-21-8-5-13-27-21)28-24(33)14-18-9-11-20(12-10-18)19-6-3-2-4-7-19/h2-4,6-13,17,22,25,30-31H,5,14-16H2,1H3,(H,28,33)(H,29,34)/t17-,22+,25+/m1/s1. The number of aliphatic hydroxyl groups excluding tert-OH is 2. The van der Waals surface area contributed by atoms with Crippen molar-refractivity contribution in [1.82, 2.24) is 10.6 Å². The molecule has 2 aromatic rings. The molecule has 0 fully saturated rings. The highest BCUT2D eigenvalue weighted by molar-refractivity contribution is 5.94. The topological polar surface area (TPSA) is 128 Å². The van der Waals surface area contributed by atoms with Gasteiger partial charge in [-0.25, -0.2) is 0 Å². The summed E-state index contributed by atoms with van der Waals surface area (Å²) in [6.45, 7) is 0.524. The molecule has 1 heterocycles. The lowest BCUT2D eigenvalue weighted by atomic mass is 10.0. The maximum absolute atomic E-state index is 12.9. The van der Waals surface area contributed by atoms with E-state index in [1.807, 2.05) is 60.7 Å². The number of hydrogen-bond acceptors (Lipinski definition) is 6. The van der Waals surface area contributed by atoms with Gasteiger partial charge in [0, 0.05) is 24.8 Å². The Morgan fingerprint density at radius 3 is 2.26 bits per heavy atom. The summed E-state index contributed by atoms with van der Waals surface area (Å²) >= 11 is 0. The molecule has 0 saturated carbocycles. The number of hydrogen-bond donors (Lipinski definition) is 4. The minimum atomic E-state index is -1.27. The fourth-order valence-corrected chi connectivity index (χ4v) is 3.66. The number of aliphatic hydroxyl groups is 2. The van der Waals surface area contributed by atoms with Gasteiger partial charge in [-0.05, 0) is 23.6 Å². The third-order valence-corrected chi connectivity index (χ3v) is 5.49. The van der Waals surface area contributed by atoms with Gasteiger partial charge >= 0.3 is 0 Å². The summed E-state index contributed by atoms with van der Waals surface area (Å²) in [4.78, 5) is 41.8. The van der Waals surface area contributed by atoms with Crippen LogP contribution in [0.15, 0.2) is 71.4 Å². The van der Waals surface area contributed by atoms with Crippen LogP contribution in [0.3, 0.4) is 0 Å². The van der Waals surface area contributed by atoms with E-state index in [0.717, 1.165) is 16.7 Å². The summed E-state index contributed by atoms with van der Waals surface area (Å²) < 4.78 is 0. The van der Waals surface area contributed by atoms with E-state index in [2.05, 4.69) is 15.6 Å². The van der Waals surface area contributed by atoms with Crippen LogP contribution in [0.25, 0.3) is 11.1 Å². The number of rotatable bonds is 11. The molecule has 0 saturated heterocycles. The quantitative estimate of drug-likeness (QED) is 0.402. The number of nitrogens with one attached hydrogen (secondary N) is 2. The van der Waals surface area contributed by atoms with Crippen molar-refractivity contribution in [3.8, 4) is 11.1 Å². The van der Waals surface area contributed by atoms with E-state index in [9.17, 15) is 19.5 Å². The summed E-state index contributed by atoms with van der Waals surface area (Å²) in [5.41, 5.74) is 3.54. The molecule has 8 nitrogen and oxygen atoms in total. The summed E-state index contributed by atoms with van der Waals surface area (Å²) in [7, 11) is 0. The molecule has 4 N–H and O–H groups in total. The van der Waals surface area contributed by atoms with Crippen LogP contribution in [0.5, 0.6) is 0 Å². The van der Waals surface area contributed by atoms with Crippen LogP contribution in [0.4, 0.5) is 0 Å².